The van der Waals surface area contributed by atoms with Gasteiger partial charge in [0.1, 0.15) is 0 Å². The van der Waals surface area contributed by atoms with Crippen LogP contribution in [0.3, 0.4) is 0 Å². The zero-order valence-electron chi connectivity index (χ0n) is 10.2. The van der Waals surface area contributed by atoms with E-state index in [0.29, 0.717) is 11.1 Å². The van der Waals surface area contributed by atoms with E-state index < -0.39 is 12.6 Å². The second kappa shape index (κ2) is 6.18. The molecule has 6 heteroatoms. The largest absolute Gasteiger partial charge is 0.466 e. The molecule has 0 aliphatic rings. The van der Waals surface area contributed by atoms with Crippen LogP contribution >= 0.6 is 0 Å². The van der Waals surface area contributed by atoms with Crippen LogP contribution < -0.4 is 10.5 Å². The summed E-state index contributed by atoms with van der Waals surface area (Å²) < 4.78 is 33.8. The molecule has 0 bridgehead atoms. The Hall–Kier alpha value is -1.85. The normalized spacial score (nSPS) is 10.5. The highest BCUT2D eigenvalue weighted by molar-refractivity contribution is 5.76. The standard InChI is InChI=1S/C12H15F2NO3/c1-3-17-10(16)6-8-7(2)4-5-9(15)11(8)18-12(13)14/h4-5,12H,3,6,15H2,1-2H3. The first-order chi connectivity index (χ1) is 8.45. The van der Waals surface area contributed by atoms with Crippen LogP contribution in [0.5, 0.6) is 5.75 Å². The molecule has 0 heterocycles. The predicted octanol–water partition coefficient (Wildman–Crippen LogP) is 2.28. The van der Waals surface area contributed by atoms with E-state index in [4.69, 9.17) is 10.5 Å². The summed E-state index contributed by atoms with van der Waals surface area (Å²) in [6.45, 7) is 0.591. The number of benzene rings is 1. The van der Waals surface area contributed by atoms with Gasteiger partial charge in [0.05, 0.1) is 18.7 Å². The molecule has 1 aromatic rings. The smallest absolute Gasteiger partial charge is 0.387 e. The van der Waals surface area contributed by atoms with E-state index in [1.807, 2.05) is 0 Å². The van der Waals surface area contributed by atoms with E-state index in [-0.39, 0.29) is 24.5 Å². The summed E-state index contributed by atoms with van der Waals surface area (Å²) in [4.78, 5) is 11.4. The molecule has 0 aliphatic heterocycles. The minimum Gasteiger partial charge on any atom is -0.466 e. The molecule has 0 amide bonds. The molecule has 0 radical (unpaired) electrons. The summed E-state index contributed by atoms with van der Waals surface area (Å²) >= 11 is 0. The van der Waals surface area contributed by atoms with Crippen LogP contribution in [0, 0.1) is 6.92 Å². The molecular formula is C12H15F2NO3. The fourth-order valence-corrected chi connectivity index (χ4v) is 1.55. The summed E-state index contributed by atoms with van der Waals surface area (Å²) in [6, 6.07) is 3.10. The fourth-order valence-electron chi connectivity index (χ4n) is 1.55. The zero-order chi connectivity index (χ0) is 13.7. The van der Waals surface area contributed by atoms with Crippen LogP contribution in [0.2, 0.25) is 0 Å². The van der Waals surface area contributed by atoms with Crippen molar-refractivity contribution in [3.63, 3.8) is 0 Å². The number of hydrogen-bond donors (Lipinski definition) is 1. The van der Waals surface area contributed by atoms with Crippen molar-refractivity contribution in [1.29, 1.82) is 0 Å². The SMILES string of the molecule is CCOC(=O)Cc1c(C)ccc(N)c1OC(F)F. The fraction of sp³-hybridized carbons (Fsp3) is 0.417. The van der Waals surface area contributed by atoms with Crippen LogP contribution in [0.15, 0.2) is 12.1 Å². The Bertz CT molecular complexity index is 436. The van der Waals surface area contributed by atoms with E-state index in [9.17, 15) is 13.6 Å². The molecule has 1 aromatic carbocycles. The molecule has 2 N–H and O–H groups in total. The second-order valence-electron chi connectivity index (χ2n) is 3.64. The van der Waals surface area contributed by atoms with Gasteiger partial charge in [0.15, 0.2) is 5.75 Å². The topological polar surface area (TPSA) is 61.5 Å². The highest BCUT2D eigenvalue weighted by Crippen LogP contribution is 2.31. The lowest BCUT2D eigenvalue weighted by molar-refractivity contribution is -0.142. The van der Waals surface area contributed by atoms with E-state index in [2.05, 4.69) is 4.74 Å². The molecule has 1 rings (SSSR count). The molecule has 18 heavy (non-hydrogen) atoms. The predicted molar refractivity (Wildman–Crippen MR) is 62.6 cm³/mol. The number of esters is 1. The number of ether oxygens (including phenoxy) is 2. The van der Waals surface area contributed by atoms with Crippen molar-refractivity contribution in [2.24, 2.45) is 0 Å². The van der Waals surface area contributed by atoms with Crippen LogP contribution in [-0.2, 0) is 16.0 Å². The maximum atomic E-state index is 12.3. The number of carbonyl (C=O) groups excluding carboxylic acids is 1. The van der Waals surface area contributed by atoms with Crippen LogP contribution in [0.4, 0.5) is 14.5 Å². The minimum absolute atomic E-state index is 0.0696. The number of nitrogens with two attached hydrogens (primary N) is 1. The second-order valence-corrected chi connectivity index (χ2v) is 3.64. The number of alkyl halides is 2. The number of halogens is 2. The maximum absolute atomic E-state index is 12.3. The number of aryl methyl sites for hydroxylation is 1. The summed E-state index contributed by atoms with van der Waals surface area (Å²) in [7, 11) is 0. The van der Waals surface area contributed by atoms with Crippen LogP contribution in [0.25, 0.3) is 0 Å². The average Bonchev–Trinajstić information content (AvgIpc) is 2.28. The summed E-state index contributed by atoms with van der Waals surface area (Å²) in [6.07, 6.45) is -0.146. The van der Waals surface area contributed by atoms with Gasteiger partial charge in [0, 0.05) is 5.56 Å². The Balaban J connectivity index is 3.06. The van der Waals surface area contributed by atoms with Gasteiger partial charge in [-0.3, -0.25) is 4.79 Å². The third-order valence-electron chi connectivity index (χ3n) is 2.36. The van der Waals surface area contributed by atoms with Gasteiger partial charge in [0.25, 0.3) is 0 Å². The van der Waals surface area contributed by atoms with Crippen molar-refractivity contribution >= 4 is 11.7 Å². The first kappa shape index (κ1) is 14.2. The molecule has 0 atom stereocenters. The zero-order valence-corrected chi connectivity index (χ0v) is 10.2. The lowest BCUT2D eigenvalue weighted by atomic mass is 10.0. The van der Waals surface area contributed by atoms with Gasteiger partial charge in [0.2, 0.25) is 0 Å². The van der Waals surface area contributed by atoms with Crippen molar-refractivity contribution < 1.29 is 23.0 Å². The Labute approximate surface area is 104 Å². The first-order valence-electron chi connectivity index (χ1n) is 5.44. The van der Waals surface area contributed by atoms with Gasteiger partial charge in [-0.1, -0.05) is 6.07 Å². The number of rotatable bonds is 5. The summed E-state index contributed by atoms with van der Waals surface area (Å²) in [5.74, 6) is -0.664. The highest BCUT2D eigenvalue weighted by atomic mass is 19.3. The molecule has 0 spiro atoms. The van der Waals surface area contributed by atoms with Crippen LogP contribution in [-0.4, -0.2) is 19.2 Å². The Kier molecular flexibility index (Phi) is 4.88. The van der Waals surface area contributed by atoms with E-state index in [0.717, 1.165) is 0 Å². The molecule has 100 valence electrons. The third kappa shape index (κ3) is 3.58. The molecule has 0 aliphatic carbocycles. The number of anilines is 1. The third-order valence-corrected chi connectivity index (χ3v) is 2.36. The van der Waals surface area contributed by atoms with Crippen molar-refractivity contribution in [2.75, 3.05) is 12.3 Å². The average molecular weight is 259 g/mol. The number of carbonyl (C=O) groups is 1. The monoisotopic (exact) mass is 259 g/mol. The Morgan fingerprint density at radius 1 is 1.44 bits per heavy atom. The maximum Gasteiger partial charge on any atom is 0.387 e. The summed E-state index contributed by atoms with van der Waals surface area (Å²) in [5, 5.41) is 0. The van der Waals surface area contributed by atoms with Crippen molar-refractivity contribution in [1.82, 2.24) is 0 Å². The van der Waals surface area contributed by atoms with Crippen molar-refractivity contribution in [3.8, 4) is 5.75 Å². The van der Waals surface area contributed by atoms with E-state index in [1.54, 1.807) is 19.9 Å². The quantitative estimate of drug-likeness (QED) is 0.651. The van der Waals surface area contributed by atoms with Gasteiger partial charge in [-0.05, 0) is 25.5 Å². The lowest BCUT2D eigenvalue weighted by Crippen LogP contribution is -2.13. The van der Waals surface area contributed by atoms with Gasteiger partial charge < -0.3 is 15.2 Å². The minimum atomic E-state index is -2.99. The molecule has 4 nitrogen and oxygen atoms in total. The number of hydrogen-bond acceptors (Lipinski definition) is 4. The van der Waals surface area contributed by atoms with Crippen molar-refractivity contribution in [3.05, 3.63) is 23.3 Å². The van der Waals surface area contributed by atoms with Gasteiger partial charge in [-0.25, -0.2) is 0 Å². The van der Waals surface area contributed by atoms with Crippen molar-refractivity contribution in [2.45, 2.75) is 26.9 Å². The Morgan fingerprint density at radius 2 is 2.11 bits per heavy atom. The molecule has 0 aromatic heterocycles. The molecule has 0 saturated heterocycles. The first-order valence-corrected chi connectivity index (χ1v) is 5.44. The summed E-state index contributed by atoms with van der Waals surface area (Å²) in [5.41, 5.74) is 6.62. The van der Waals surface area contributed by atoms with Gasteiger partial charge in [-0.15, -0.1) is 0 Å². The van der Waals surface area contributed by atoms with Gasteiger partial charge >= 0.3 is 12.6 Å². The molecule has 0 saturated carbocycles. The molecular weight excluding hydrogens is 244 g/mol. The number of nitrogen functional groups attached to an aromatic ring is 1. The van der Waals surface area contributed by atoms with Crippen LogP contribution in [0.1, 0.15) is 18.1 Å². The van der Waals surface area contributed by atoms with E-state index in [1.165, 1.54) is 6.07 Å². The van der Waals surface area contributed by atoms with E-state index >= 15 is 0 Å². The molecule has 0 unspecified atom stereocenters. The molecule has 0 fully saturated rings. The lowest BCUT2D eigenvalue weighted by Gasteiger charge is -2.15. The van der Waals surface area contributed by atoms with Gasteiger partial charge in [-0.2, -0.15) is 8.78 Å². The Morgan fingerprint density at radius 3 is 2.67 bits per heavy atom. The highest BCUT2D eigenvalue weighted by Gasteiger charge is 2.18.